The largest absolute Gasteiger partial charge is 0.352 e. The lowest BCUT2D eigenvalue weighted by Crippen LogP contribution is -2.45. The fourth-order valence-electron chi connectivity index (χ4n) is 1.57. The minimum atomic E-state index is -0.142. The van der Waals surface area contributed by atoms with Gasteiger partial charge in [-0.3, -0.25) is 9.59 Å². The van der Waals surface area contributed by atoms with Crippen molar-refractivity contribution in [3.63, 3.8) is 0 Å². The second-order valence-electron chi connectivity index (χ2n) is 4.09. The van der Waals surface area contributed by atoms with Gasteiger partial charge in [0.2, 0.25) is 11.8 Å². The second-order valence-corrected chi connectivity index (χ2v) is 4.09. The summed E-state index contributed by atoms with van der Waals surface area (Å²) in [6.45, 7) is 4.72. The van der Waals surface area contributed by atoms with Gasteiger partial charge in [0.1, 0.15) is 0 Å². The summed E-state index contributed by atoms with van der Waals surface area (Å²) < 4.78 is 0. The first-order valence-corrected chi connectivity index (χ1v) is 5.40. The molecule has 86 valence electrons. The molecule has 0 bridgehead atoms. The Morgan fingerprint density at radius 1 is 1.47 bits per heavy atom. The molecule has 0 aromatic heterocycles. The first-order valence-electron chi connectivity index (χ1n) is 5.40. The summed E-state index contributed by atoms with van der Waals surface area (Å²) in [5, 5.41) is 8.41. The summed E-state index contributed by atoms with van der Waals surface area (Å²) in [4.78, 5) is 22.7. The summed E-state index contributed by atoms with van der Waals surface area (Å²) in [5.74, 6) is -0.220. The van der Waals surface area contributed by atoms with Crippen LogP contribution in [0.2, 0.25) is 0 Å². The van der Waals surface area contributed by atoms with Crippen molar-refractivity contribution in [2.75, 3.05) is 13.1 Å². The fraction of sp³-hybridized carbons (Fsp3) is 0.800. The molecule has 0 aliphatic carbocycles. The highest BCUT2D eigenvalue weighted by Gasteiger charge is 2.21. The van der Waals surface area contributed by atoms with Crippen LogP contribution in [-0.2, 0) is 9.59 Å². The van der Waals surface area contributed by atoms with E-state index in [9.17, 15) is 9.59 Å². The van der Waals surface area contributed by atoms with Crippen molar-refractivity contribution in [1.29, 1.82) is 0 Å². The summed E-state index contributed by atoms with van der Waals surface area (Å²) >= 11 is 0. The molecule has 1 atom stereocenters. The predicted molar refractivity (Wildman–Crippen MR) is 57.3 cm³/mol. The van der Waals surface area contributed by atoms with E-state index in [1.54, 1.807) is 0 Å². The van der Waals surface area contributed by atoms with Gasteiger partial charge in [-0.05, 0) is 33.2 Å². The molecule has 0 spiro atoms. The van der Waals surface area contributed by atoms with Gasteiger partial charge in [0, 0.05) is 6.04 Å². The van der Waals surface area contributed by atoms with Crippen molar-refractivity contribution in [1.82, 2.24) is 16.0 Å². The zero-order valence-electron chi connectivity index (χ0n) is 9.30. The topological polar surface area (TPSA) is 70.2 Å². The molecular weight excluding hydrogens is 194 g/mol. The Bertz CT molecular complexity index is 235. The van der Waals surface area contributed by atoms with Crippen LogP contribution in [0.3, 0.4) is 0 Å². The van der Waals surface area contributed by atoms with Crippen LogP contribution in [0.1, 0.15) is 26.7 Å². The maximum absolute atomic E-state index is 11.5. The minimum absolute atomic E-state index is 0.0647. The molecule has 0 aromatic carbocycles. The third-order valence-electron chi connectivity index (χ3n) is 2.25. The van der Waals surface area contributed by atoms with Crippen LogP contribution in [0.15, 0.2) is 0 Å². The standard InChI is InChI=1S/C10H19N3O2/c1-7(2)13-9(14)6-12-10(15)8-4-3-5-11-8/h7-8,11H,3-6H2,1-2H3,(H,12,15)(H,13,14). The Labute approximate surface area is 90.0 Å². The zero-order valence-corrected chi connectivity index (χ0v) is 9.30. The van der Waals surface area contributed by atoms with Crippen molar-refractivity contribution in [3.8, 4) is 0 Å². The van der Waals surface area contributed by atoms with Crippen molar-refractivity contribution >= 4 is 11.8 Å². The van der Waals surface area contributed by atoms with Crippen LogP contribution in [0.5, 0.6) is 0 Å². The van der Waals surface area contributed by atoms with Crippen LogP contribution >= 0.6 is 0 Å². The molecule has 1 fully saturated rings. The van der Waals surface area contributed by atoms with Crippen LogP contribution in [0.4, 0.5) is 0 Å². The van der Waals surface area contributed by atoms with E-state index in [-0.39, 0.29) is 30.4 Å². The van der Waals surface area contributed by atoms with Crippen molar-refractivity contribution in [3.05, 3.63) is 0 Å². The highest BCUT2D eigenvalue weighted by atomic mass is 16.2. The lowest BCUT2D eigenvalue weighted by Gasteiger charge is -2.12. The Morgan fingerprint density at radius 3 is 2.73 bits per heavy atom. The summed E-state index contributed by atoms with van der Waals surface area (Å²) in [5.41, 5.74) is 0. The third kappa shape index (κ3) is 4.29. The highest BCUT2D eigenvalue weighted by molar-refractivity contribution is 5.87. The van der Waals surface area contributed by atoms with Crippen LogP contribution in [0.25, 0.3) is 0 Å². The molecule has 2 amide bonds. The number of nitrogens with one attached hydrogen (secondary N) is 3. The van der Waals surface area contributed by atoms with E-state index < -0.39 is 0 Å². The minimum Gasteiger partial charge on any atom is -0.352 e. The molecule has 1 unspecified atom stereocenters. The lowest BCUT2D eigenvalue weighted by molar-refractivity contribution is -0.127. The SMILES string of the molecule is CC(C)NC(=O)CNC(=O)C1CCCN1. The van der Waals surface area contributed by atoms with E-state index in [0.29, 0.717) is 0 Å². The van der Waals surface area contributed by atoms with Gasteiger partial charge in [0.25, 0.3) is 0 Å². The molecule has 1 rings (SSSR count). The first-order chi connectivity index (χ1) is 7.09. The molecule has 0 aromatic rings. The molecule has 3 N–H and O–H groups in total. The molecule has 1 heterocycles. The van der Waals surface area contributed by atoms with Gasteiger partial charge < -0.3 is 16.0 Å². The fourth-order valence-corrected chi connectivity index (χ4v) is 1.57. The lowest BCUT2D eigenvalue weighted by atomic mass is 10.2. The monoisotopic (exact) mass is 213 g/mol. The molecule has 15 heavy (non-hydrogen) atoms. The summed E-state index contributed by atoms with van der Waals surface area (Å²) in [6.07, 6.45) is 1.88. The van der Waals surface area contributed by atoms with E-state index in [0.717, 1.165) is 19.4 Å². The molecule has 5 nitrogen and oxygen atoms in total. The second kappa shape index (κ2) is 5.70. The van der Waals surface area contributed by atoms with Gasteiger partial charge in [-0.15, -0.1) is 0 Å². The Kier molecular flexibility index (Phi) is 4.55. The van der Waals surface area contributed by atoms with E-state index in [4.69, 9.17) is 0 Å². The van der Waals surface area contributed by atoms with E-state index in [2.05, 4.69) is 16.0 Å². The maximum Gasteiger partial charge on any atom is 0.239 e. The van der Waals surface area contributed by atoms with Crippen LogP contribution in [-0.4, -0.2) is 37.0 Å². The molecule has 0 saturated carbocycles. The van der Waals surface area contributed by atoms with Crippen molar-refractivity contribution < 1.29 is 9.59 Å². The molecule has 1 saturated heterocycles. The quantitative estimate of drug-likeness (QED) is 0.583. The van der Waals surface area contributed by atoms with Crippen molar-refractivity contribution in [2.24, 2.45) is 0 Å². The van der Waals surface area contributed by atoms with Gasteiger partial charge in [-0.1, -0.05) is 0 Å². The molecule has 0 radical (unpaired) electrons. The maximum atomic E-state index is 11.5. The molecule has 1 aliphatic rings. The van der Waals surface area contributed by atoms with E-state index in [1.807, 2.05) is 13.8 Å². The summed E-state index contributed by atoms with van der Waals surface area (Å²) in [7, 11) is 0. The summed E-state index contributed by atoms with van der Waals surface area (Å²) in [6, 6.07) is -0.00384. The Morgan fingerprint density at radius 2 is 2.20 bits per heavy atom. The predicted octanol–water partition coefficient (Wildman–Crippen LogP) is -0.621. The number of amides is 2. The zero-order chi connectivity index (χ0) is 11.3. The molecule has 5 heteroatoms. The Hall–Kier alpha value is -1.10. The Balaban J connectivity index is 2.18. The van der Waals surface area contributed by atoms with Gasteiger partial charge in [-0.2, -0.15) is 0 Å². The van der Waals surface area contributed by atoms with Gasteiger partial charge in [0.15, 0.2) is 0 Å². The van der Waals surface area contributed by atoms with Gasteiger partial charge in [-0.25, -0.2) is 0 Å². The van der Waals surface area contributed by atoms with Gasteiger partial charge in [0.05, 0.1) is 12.6 Å². The first kappa shape index (κ1) is 12.0. The third-order valence-corrected chi connectivity index (χ3v) is 2.25. The number of hydrogen-bond donors (Lipinski definition) is 3. The van der Waals surface area contributed by atoms with Crippen molar-refractivity contribution in [2.45, 2.75) is 38.8 Å². The normalized spacial score (nSPS) is 20.3. The van der Waals surface area contributed by atoms with E-state index in [1.165, 1.54) is 0 Å². The molecular formula is C10H19N3O2. The smallest absolute Gasteiger partial charge is 0.239 e. The number of carbonyl (C=O) groups is 2. The average Bonchev–Trinajstić information content (AvgIpc) is 2.65. The number of hydrogen-bond acceptors (Lipinski definition) is 3. The van der Waals surface area contributed by atoms with Gasteiger partial charge >= 0.3 is 0 Å². The van der Waals surface area contributed by atoms with Crippen LogP contribution < -0.4 is 16.0 Å². The van der Waals surface area contributed by atoms with Crippen LogP contribution in [0, 0.1) is 0 Å². The number of carbonyl (C=O) groups excluding carboxylic acids is 2. The number of rotatable bonds is 4. The molecule has 1 aliphatic heterocycles. The average molecular weight is 213 g/mol. The highest BCUT2D eigenvalue weighted by Crippen LogP contribution is 2.03. The van der Waals surface area contributed by atoms with E-state index >= 15 is 0 Å².